The normalized spacial score (nSPS) is 12.6. The number of aryl methyl sites for hydroxylation is 1. The molecule has 0 aliphatic heterocycles. The molecule has 2 aromatic rings. The molecule has 1 aliphatic rings. The number of ether oxygens (including phenoxy) is 1. The number of nitrogens with zero attached hydrogens (tertiary/aromatic N) is 2. The van der Waals surface area contributed by atoms with Crippen molar-refractivity contribution in [3.05, 3.63) is 57.5 Å². The molecule has 1 amide bonds. The molecule has 1 aromatic carbocycles. The van der Waals surface area contributed by atoms with E-state index in [-0.39, 0.29) is 0 Å². The van der Waals surface area contributed by atoms with Crippen molar-refractivity contribution in [2.75, 3.05) is 11.9 Å². The molecule has 3 rings (SSSR count). The number of nitrogens with one attached hydrogen (secondary N) is 1. The number of amides is 1. The summed E-state index contributed by atoms with van der Waals surface area (Å²) < 4.78 is 4.95. The number of carbonyl (C=O) groups excluding carboxylic acids is 2. The van der Waals surface area contributed by atoms with Gasteiger partial charge >= 0.3 is 5.97 Å². The number of esters is 1. The first-order chi connectivity index (χ1) is 13.6. The van der Waals surface area contributed by atoms with E-state index in [9.17, 15) is 14.9 Å². The first kappa shape index (κ1) is 19.3. The molecular formula is C21H17N3O3S. The zero-order chi connectivity index (χ0) is 19.9. The van der Waals surface area contributed by atoms with Crippen LogP contribution in [0.15, 0.2) is 30.3 Å². The van der Waals surface area contributed by atoms with E-state index in [2.05, 4.69) is 11.4 Å². The molecule has 0 unspecified atom stereocenters. The number of anilines is 1. The Hall–Kier alpha value is -3.42. The van der Waals surface area contributed by atoms with Crippen LogP contribution in [0, 0.1) is 22.7 Å². The lowest BCUT2D eigenvalue weighted by Gasteiger charge is -2.09. The summed E-state index contributed by atoms with van der Waals surface area (Å²) >= 11 is 1.43. The van der Waals surface area contributed by atoms with Gasteiger partial charge in [0.1, 0.15) is 11.1 Å². The van der Waals surface area contributed by atoms with Crippen LogP contribution in [0.25, 0.3) is 6.08 Å². The molecule has 28 heavy (non-hydrogen) atoms. The highest BCUT2D eigenvalue weighted by Crippen LogP contribution is 2.37. The van der Waals surface area contributed by atoms with E-state index in [1.165, 1.54) is 17.4 Å². The molecule has 0 fully saturated rings. The Balaban J connectivity index is 1.53. The van der Waals surface area contributed by atoms with Gasteiger partial charge in [-0.1, -0.05) is 12.1 Å². The summed E-state index contributed by atoms with van der Waals surface area (Å²) in [6.07, 6.45) is 6.70. The van der Waals surface area contributed by atoms with Crippen LogP contribution in [-0.2, 0) is 27.2 Å². The fourth-order valence-corrected chi connectivity index (χ4v) is 4.21. The smallest absolute Gasteiger partial charge is 0.331 e. The number of carbonyl (C=O) groups is 2. The first-order valence-electron chi connectivity index (χ1n) is 8.80. The predicted octanol–water partition coefficient (Wildman–Crippen LogP) is 3.57. The highest BCUT2D eigenvalue weighted by Gasteiger charge is 2.21. The van der Waals surface area contributed by atoms with E-state index in [0.717, 1.165) is 41.7 Å². The minimum atomic E-state index is -0.648. The SMILES string of the molecule is N#Cc1ccc(/C=C/C(=O)OCC(=O)Nc2sc3c(c2C#N)CCCC3)cc1. The molecule has 1 N–H and O–H groups in total. The molecule has 0 atom stereocenters. The number of nitriles is 2. The second-order valence-corrected chi connectivity index (χ2v) is 7.36. The maximum atomic E-state index is 12.1. The molecule has 1 heterocycles. The third kappa shape index (κ3) is 4.64. The van der Waals surface area contributed by atoms with E-state index in [4.69, 9.17) is 10.00 Å². The van der Waals surface area contributed by atoms with Gasteiger partial charge in [0.15, 0.2) is 6.61 Å². The maximum Gasteiger partial charge on any atom is 0.331 e. The van der Waals surface area contributed by atoms with Crippen LogP contribution in [0.3, 0.4) is 0 Å². The van der Waals surface area contributed by atoms with E-state index in [1.54, 1.807) is 30.3 Å². The van der Waals surface area contributed by atoms with Gasteiger partial charge in [-0.15, -0.1) is 11.3 Å². The Morgan fingerprint density at radius 2 is 1.89 bits per heavy atom. The van der Waals surface area contributed by atoms with Crippen LogP contribution in [-0.4, -0.2) is 18.5 Å². The molecule has 140 valence electrons. The predicted molar refractivity (Wildman–Crippen MR) is 105 cm³/mol. The van der Waals surface area contributed by atoms with Crippen molar-refractivity contribution in [1.29, 1.82) is 10.5 Å². The Bertz CT molecular complexity index is 1010. The summed E-state index contributed by atoms with van der Waals surface area (Å²) in [5, 5.41) is 21.4. The molecular weight excluding hydrogens is 374 g/mol. The van der Waals surface area contributed by atoms with Crippen molar-refractivity contribution in [3.63, 3.8) is 0 Å². The fourth-order valence-electron chi connectivity index (χ4n) is 2.95. The summed E-state index contributed by atoms with van der Waals surface area (Å²) in [5.41, 5.74) is 2.84. The fraction of sp³-hybridized carbons (Fsp3) is 0.238. The third-order valence-electron chi connectivity index (χ3n) is 4.33. The third-order valence-corrected chi connectivity index (χ3v) is 5.54. The number of benzene rings is 1. The Morgan fingerprint density at radius 3 is 2.61 bits per heavy atom. The number of fused-ring (bicyclic) bond motifs is 1. The first-order valence-corrected chi connectivity index (χ1v) is 9.62. The van der Waals surface area contributed by atoms with Crippen molar-refractivity contribution in [3.8, 4) is 12.1 Å². The second kappa shape index (κ2) is 8.98. The molecule has 0 saturated carbocycles. The van der Waals surface area contributed by atoms with Crippen molar-refractivity contribution in [2.45, 2.75) is 25.7 Å². The highest BCUT2D eigenvalue weighted by molar-refractivity contribution is 7.16. The summed E-state index contributed by atoms with van der Waals surface area (Å²) in [6, 6.07) is 10.9. The van der Waals surface area contributed by atoms with Gasteiger partial charge in [0, 0.05) is 11.0 Å². The van der Waals surface area contributed by atoms with E-state index >= 15 is 0 Å². The Morgan fingerprint density at radius 1 is 1.14 bits per heavy atom. The molecule has 0 saturated heterocycles. The van der Waals surface area contributed by atoms with Crippen LogP contribution < -0.4 is 5.32 Å². The zero-order valence-electron chi connectivity index (χ0n) is 15.0. The maximum absolute atomic E-state index is 12.1. The van der Waals surface area contributed by atoms with Gasteiger partial charge in [-0.2, -0.15) is 10.5 Å². The molecule has 0 spiro atoms. The molecule has 0 radical (unpaired) electrons. The summed E-state index contributed by atoms with van der Waals surface area (Å²) in [6.45, 7) is -0.427. The largest absolute Gasteiger partial charge is 0.452 e. The summed E-state index contributed by atoms with van der Waals surface area (Å²) in [4.78, 5) is 25.0. The van der Waals surface area contributed by atoms with Gasteiger partial charge in [-0.3, -0.25) is 4.79 Å². The molecule has 1 aliphatic carbocycles. The van der Waals surface area contributed by atoms with E-state index < -0.39 is 18.5 Å². The number of thiophene rings is 1. The van der Waals surface area contributed by atoms with Gasteiger partial charge < -0.3 is 10.1 Å². The Kier molecular flexibility index (Phi) is 6.21. The van der Waals surface area contributed by atoms with Crippen molar-refractivity contribution in [2.24, 2.45) is 0 Å². The summed E-state index contributed by atoms with van der Waals surface area (Å²) in [5.74, 6) is -1.12. The Labute approximate surface area is 166 Å². The number of rotatable bonds is 5. The van der Waals surface area contributed by atoms with E-state index in [1.807, 2.05) is 6.07 Å². The second-order valence-electron chi connectivity index (χ2n) is 6.25. The lowest BCUT2D eigenvalue weighted by molar-refractivity contribution is -0.142. The van der Waals surface area contributed by atoms with Crippen molar-refractivity contribution < 1.29 is 14.3 Å². The molecule has 0 bridgehead atoms. The standard InChI is InChI=1S/C21H17N3O3S/c22-11-15-7-5-14(6-8-15)9-10-20(26)27-13-19(25)24-21-17(12-23)16-3-1-2-4-18(16)28-21/h5-10H,1-4,13H2,(H,24,25)/b10-9+. The quantitative estimate of drug-likeness (QED) is 0.620. The van der Waals surface area contributed by atoms with Crippen LogP contribution in [0.2, 0.25) is 0 Å². The number of hydrogen-bond donors (Lipinski definition) is 1. The molecule has 6 nitrogen and oxygen atoms in total. The van der Waals surface area contributed by atoms with Crippen LogP contribution in [0.4, 0.5) is 5.00 Å². The minimum absolute atomic E-state index is 0.427. The van der Waals surface area contributed by atoms with Crippen LogP contribution >= 0.6 is 11.3 Å². The van der Waals surface area contributed by atoms with Crippen molar-refractivity contribution in [1.82, 2.24) is 0 Å². The monoisotopic (exact) mass is 391 g/mol. The summed E-state index contributed by atoms with van der Waals surface area (Å²) in [7, 11) is 0. The topological polar surface area (TPSA) is 103 Å². The molecule has 7 heteroatoms. The van der Waals surface area contributed by atoms with Crippen LogP contribution in [0.5, 0.6) is 0 Å². The van der Waals surface area contributed by atoms with E-state index in [0.29, 0.717) is 16.1 Å². The number of hydrogen-bond acceptors (Lipinski definition) is 6. The van der Waals surface area contributed by atoms with Gasteiger partial charge in [0.25, 0.3) is 5.91 Å². The average Bonchev–Trinajstić information content (AvgIpc) is 3.07. The molecule has 1 aromatic heterocycles. The lowest BCUT2D eigenvalue weighted by Crippen LogP contribution is -2.20. The average molecular weight is 391 g/mol. The zero-order valence-corrected chi connectivity index (χ0v) is 15.8. The van der Waals surface area contributed by atoms with Gasteiger partial charge in [0.2, 0.25) is 0 Å². The highest BCUT2D eigenvalue weighted by atomic mass is 32.1. The van der Waals surface area contributed by atoms with Crippen molar-refractivity contribution >= 4 is 34.3 Å². The minimum Gasteiger partial charge on any atom is -0.452 e. The van der Waals surface area contributed by atoms with Crippen LogP contribution in [0.1, 0.15) is 40.0 Å². The lowest BCUT2D eigenvalue weighted by atomic mass is 9.96. The van der Waals surface area contributed by atoms with Gasteiger partial charge in [0.05, 0.1) is 17.2 Å². The van der Waals surface area contributed by atoms with Gasteiger partial charge in [-0.05, 0) is 55.0 Å². The van der Waals surface area contributed by atoms with Gasteiger partial charge in [-0.25, -0.2) is 4.79 Å².